The number of aromatic amines is 1. The Morgan fingerprint density at radius 1 is 1.16 bits per heavy atom. The number of fused-ring (bicyclic) bond motifs is 1. The van der Waals surface area contributed by atoms with Crippen molar-refractivity contribution in [1.82, 2.24) is 24.9 Å². The Hall–Kier alpha value is -3.81. The SMILES string of the molecule is CC(C)[C@@H](NC(=O)Cc1ccccc1F)c1cc(=O)n2[nH]c(-c3ccccn3)cc2n1. The van der Waals surface area contributed by atoms with Gasteiger partial charge in [-0.25, -0.2) is 13.9 Å². The Morgan fingerprint density at radius 3 is 2.65 bits per heavy atom. The number of amides is 1. The average Bonchev–Trinajstić information content (AvgIpc) is 3.19. The Labute approximate surface area is 178 Å². The Bertz CT molecular complexity index is 1280. The number of benzene rings is 1. The van der Waals surface area contributed by atoms with Crippen LogP contribution in [0.3, 0.4) is 0 Å². The van der Waals surface area contributed by atoms with Crippen LogP contribution in [0.25, 0.3) is 17.0 Å². The van der Waals surface area contributed by atoms with Crippen LogP contribution in [0.15, 0.2) is 65.6 Å². The molecule has 4 rings (SSSR count). The lowest BCUT2D eigenvalue weighted by molar-refractivity contribution is -0.121. The first kappa shape index (κ1) is 20.5. The van der Waals surface area contributed by atoms with Crippen molar-refractivity contribution in [1.29, 1.82) is 0 Å². The molecule has 0 saturated heterocycles. The second-order valence-electron chi connectivity index (χ2n) is 7.66. The minimum Gasteiger partial charge on any atom is -0.347 e. The molecule has 1 aromatic carbocycles. The fraction of sp³-hybridized carbons (Fsp3) is 0.217. The van der Waals surface area contributed by atoms with Crippen molar-refractivity contribution in [3.63, 3.8) is 0 Å². The van der Waals surface area contributed by atoms with E-state index in [0.717, 1.165) is 0 Å². The highest BCUT2D eigenvalue weighted by Crippen LogP contribution is 2.21. The summed E-state index contributed by atoms with van der Waals surface area (Å²) in [6.07, 6.45) is 1.58. The molecule has 4 aromatic rings. The summed E-state index contributed by atoms with van der Waals surface area (Å²) in [6.45, 7) is 3.85. The summed E-state index contributed by atoms with van der Waals surface area (Å²) < 4.78 is 15.2. The van der Waals surface area contributed by atoms with Crippen molar-refractivity contribution in [2.75, 3.05) is 0 Å². The van der Waals surface area contributed by atoms with Gasteiger partial charge in [-0.3, -0.25) is 19.7 Å². The Morgan fingerprint density at radius 2 is 1.94 bits per heavy atom. The van der Waals surface area contributed by atoms with Gasteiger partial charge in [-0.05, 0) is 29.7 Å². The summed E-state index contributed by atoms with van der Waals surface area (Å²) in [6, 6.07) is 14.3. The molecule has 3 heterocycles. The molecule has 158 valence electrons. The monoisotopic (exact) mass is 419 g/mol. The van der Waals surface area contributed by atoms with E-state index in [4.69, 9.17) is 0 Å². The van der Waals surface area contributed by atoms with Gasteiger partial charge in [-0.2, -0.15) is 0 Å². The summed E-state index contributed by atoms with van der Waals surface area (Å²) >= 11 is 0. The van der Waals surface area contributed by atoms with Crippen LogP contribution in [0.1, 0.15) is 31.1 Å². The van der Waals surface area contributed by atoms with E-state index >= 15 is 0 Å². The third-order valence-corrected chi connectivity index (χ3v) is 5.02. The van der Waals surface area contributed by atoms with Gasteiger partial charge in [0.15, 0.2) is 5.65 Å². The number of hydrogen-bond donors (Lipinski definition) is 2. The quantitative estimate of drug-likeness (QED) is 0.502. The zero-order chi connectivity index (χ0) is 22.0. The van der Waals surface area contributed by atoms with Crippen molar-refractivity contribution >= 4 is 11.6 Å². The lowest BCUT2D eigenvalue weighted by Crippen LogP contribution is -2.34. The molecular weight excluding hydrogens is 397 g/mol. The molecule has 31 heavy (non-hydrogen) atoms. The van der Waals surface area contributed by atoms with E-state index in [-0.39, 0.29) is 23.8 Å². The standard InChI is InChI=1S/C23H22FN5O2/c1-14(2)23(27-21(30)11-15-7-3-4-8-16(15)24)19-13-22(31)29-20(26-19)12-18(28-29)17-9-5-6-10-25-17/h3-10,12-14,23,28H,11H2,1-2H3,(H,27,30)/t23-/m1/s1. The molecule has 8 heteroatoms. The zero-order valence-corrected chi connectivity index (χ0v) is 17.2. The number of nitrogens with one attached hydrogen (secondary N) is 2. The number of carbonyl (C=O) groups is 1. The largest absolute Gasteiger partial charge is 0.347 e. The van der Waals surface area contributed by atoms with Gasteiger partial charge >= 0.3 is 0 Å². The number of hydrogen-bond acceptors (Lipinski definition) is 4. The Kier molecular flexibility index (Phi) is 5.62. The van der Waals surface area contributed by atoms with Crippen LogP contribution in [0, 0.1) is 11.7 Å². The highest BCUT2D eigenvalue weighted by molar-refractivity contribution is 5.79. The van der Waals surface area contributed by atoms with Crippen molar-refractivity contribution in [2.24, 2.45) is 5.92 Å². The van der Waals surface area contributed by atoms with Crippen molar-refractivity contribution in [3.05, 3.63) is 88.2 Å². The maximum Gasteiger partial charge on any atom is 0.272 e. The maximum absolute atomic E-state index is 13.9. The second-order valence-corrected chi connectivity index (χ2v) is 7.66. The van der Waals surface area contributed by atoms with Crippen LogP contribution >= 0.6 is 0 Å². The average molecular weight is 419 g/mol. The highest BCUT2D eigenvalue weighted by atomic mass is 19.1. The van der Waals surface area contributed by atoms with E-state index < -0.39 is 11.9 Å². The summed E-state index contributed by atoms with van der Waals surface area (Å²) in [4.78, 5) is 34.2. The lowest BCUT2D eigenvalue weighted by atomic mass is 10.00. The maximum atomic E-state index is 13.9. The molecule has 0 bridgehead atoms. The molecule has 0 spiro atoms. The van der Waals surface area contributed by atoms with Crippen LogP contribution in [0.2, 0.25) is 0 Å². The molecular formula is C23H22FN5O2. The van der Waals surface area contributed by atoms with Crippen molar-refractivity contribution < 1.29 is 9.18 Å². The van der Waals surface area contributed by atoms with Crippen LogP contribution in [-0.4, -0.2) is 25.5 Å². The highest BCUT2D eigenvalue weighted by Gasteiger charge is 2.22. The van der Waals surface area contributed by atoms with E-state index in [0.29, 0.717) is 28.3 Å². The number of nitrogens with zero attached hydrogens (tertiary/aromatic N) is 3. The smallest absolute Gasteiger partial charge is 0.272 e. The number of carbonyl (C=O) groups excluding carboxylic acids is 1. The van der Waals surface area contributed by atoms with Gasteiger partial charge in [0, 0.05) is 18.3 Å². The minimum absolute atomic E-state index is 0.0341. The normalized spacial score (nSPS) is 12.3. The molecule has 0 fully saturated rings. The molecule has 2 N–H and O–H groups in total. The van der Waals surface area contributed by atoms with E-state index in [9.17, 15) is 14.0 Å². The Balaban J connectivity index is 1.63. The number of halogens is 1. The predicted octanol–water partition coefficient (Wildman–Crippen LogP) is 3.28. The first-order valence-corrected chi connectivity index (χ1v) is 9.99. The van der Waals surface area contributed by atoms with E-state index in [2.05, 4.69) is 20.4 Å². The first-order valence-electron chi connectivity index (χ1n) is 9.99. The molecule has 1 amide bonds. The van der Waals surface area contributed by atoms with Crippen LogP contribution in [-0.2, 0) is 11.2 Å². The van der Waals surface area contributed by atoms with Crippen LogP contribution in [0.4, 0.5) is 4.39 Å². The van der Waals surface area contributed by atoms with Gasteiger partial charge in [0.1, 0.15) is 5.82 Å². The van der Waals surface area contributed by atoms with Gasteiger partial charge in [-0.15, -0.1) is 0 Å². The predicted molar refractivity (Wildman–Crippen MR) is 115 cm³/mol. The van der Waals surface area contributed by atoms with Gasteiger partial charge in [0.05, 0.1) is 29.5 Å². The summed E-state index contributed by atoms with van der Waals surface area (Å²) in [5, 5.41) is 5.91. The number of rotatable bonds is 6. The minimum atomic E-state index is -0.495. The molecule has 0 unspecified atom stereocenters. The molecule has 0 aliphatic carbocycles. The molecule has 0 saturated carbocycles. The number of aromatic nitrogens is 4. The molecule has 0 aliphatic rings. The summed E-state index contributed by atoms with van der Waals surface area (Å²) in [5.41, 5.74) is 2.25. The summed E-state index contributed by atoms with van der Waals surface area (Å²) in [5.74, 6) is -0.798. The van der Waals surface area contributed by atoms with Gasteiger partial charge in [0.25, 0.3) is 5.56 Å². The van der Waals surface area contributed by atoms with Gasteiger partial charge in [-0.1, -0.05) is 38.1 Å². The van der Waals surface area contributed by atoms with E-state index in [1.807, 2.05) is 32.0 Å². The van der Waals surface area contributed by atoms with Gasteiger partial charge in [0.2, 0.25) is 5.91 Å². The van der Waals surface area contributed by atoms with E-state index in [1.54, 1.807) is 30.5 Å². The molecule has 7 nitrogen and oxygen atoms in total. The first-order chi connectivity index (χ1) is 14.9. The second kappa shape index (κ2) is 8.51. The third kappa shape index (κ3) is 4.37. The zero-order valence-electron chi connectivity index (χ0n) is 17.2. The number of H-pyrrole nitrogens is 1. The molecule has 3 aromatic heterocycles. The fourth-order valence-corrected chi connectivity index (χ4v) is 3.44. The van der Waals surface area contributed by atoms with Crippen molar-refractivity contribution in [3.8, 4) is 11.4 Å². The summed E-state index contributed by atoms with van der Waals surface area (Å²) in [7, 11) is 0. The van der Waals surface area contributed by atoms with Crippen LogP contribution in [0.5, 0.6) is 0 Å². The molecule has 0 radical (unpaired) electrons. The molecule has 1 atom stereocenters. The van der Waals surface area contributed by atoms with Crippen molar-refractivity contribution in [2.45, 2.75) is 26.3 Å². The topological polar surface area (TPSA) is 92.2 Å². The molecule has 0 aliphatic heterocycles. The lowest BCUT2D eigenvalue weighted by Gasteiger charge is -2.22. The van der Waals surface area contributed by atoms with Crippen LogP contribution < -0.4 is 10.9 Å². The fourth-order valence-electron chi connectivity index (χ4n) is 3.44. The number of pyridine rings is 1. The van der Waals surface area contributed by atoms with E-state index in [1.165, 1.54) is 16.6 Å². The van der Waals surface area contributed by atoms with Gasteiger partial charge < -0.3 is 5.32 Å². The third-order valence-electron chi connectivity index (χ3n) is 5.02.